The van der Waals surface area contributed by atoms with Crippen molar-refractivity contribution in [3.05, 3.63) is 77.9 Å². The SMILES string of the molecule is O=C(Cc1csc(NC(=O)N2CCN(c3ccccn3)CC2)n1)Nc1cccc2ccccc12. The number of fused-ring (bicyclic) bond motifs is 1. The van der Waals surface area contributed by atoms with Crippen molar-refractivity contribution in [3.8, 4) is 0 Å². The number of carbonyl (C=O) groups excluding carboxylic acids is 2. The lowest BCUT2D eigenvalue weighted by molar-refractivity contribution is -0.115. The first-order valence-electron chi connectivity index (χ1n) is 11.1. The highest BCUT2D eigenvalue weighted by Crippen LogP contribution is 2.23. The molecule has 2 aromatic carbocycles. The van der Waals surface area contributed by atoms with E-state index in [1.54, 1.807) is 16.5 Å². The van der Waals surface area contributed by atoms with E-state index in [0.717, 1.165) is 35.4 Å². The monoisotopic (exact) mass is 472 g/mol. The maximum atomic E-state index is 12.7. The topological polar surface area (TPSA) is 90.5 Å². The molecule has 0 radical (unpaired) electrons. The Morgan fingerprint density at radius 3 is 2.53 bits per heavy atom. The molecule has 0 bridgehead atoms. The number of aromatic nitrogens is 2. The molecule has 172 valence electrons. The number of carbonyl (C=O) groups is 2. The molecule has 0 spiro atoms. The Hall–Kier alpha value is -3.98. The molecule has 3 amide bonds. The van der Waals surface area contributed by atoms with Crippen LogP contribution in [0.1, 0.15) is 5.69 Å². The highest BCUT2D eigenvalue weighted by molar-refractivity contribution is 7.13. The predicted octanol–water partition coefficient (Wildman–Crippen LogP) is 4.23. The Kier molecular flexibility index (Phi) is 6.35. The second-order valence-electron chi connectivity index (χ2n) is 7.99. The maximum Gasteiger partial charge on any atom is 0.323 e. The first-order chi connectivity index (χ1) is 16.7. The lowest BCUT2D eigenvalue weighted by Gasteiger charge is -2.35. The number of urea groups is 1. The summed E-state index contributed by atoms with van der Waals surface area (Å²) in [5, 5.41) is 10.2. The molecule has 2 N–H and O–H groups in total. The van der Waals surface area contributed by atoms with E-state index in [2.05, 4.69) is 25.5 Å². The van der Waals surface area contributed by atoms with Crippen molar-refractivity contribution in [2.24, 2.45) is 0 Å². The van der Waals surface area contributed by atoms with E-state index in [0.29, 0.717) is 23.9 Å². The van der Waals surface area contributed by atoms with Crippen molar-refractivity contribution in [2.75, 3.05) is 41.7 Å². The second kappa shape index (κ2) is 9.88. The van der Waals surface area contributed by atoms with Gasteiger partial charge in [-0.2, -0.15) is 0 Å². The molecule has 1 aliphatic heterocycles. The minimum atomic E-state index is -0.179. The molecular formula is C25H24N6O2S. The minimum absolute atomic E-state index is 0.137. The predicted molar refractivity (Wildman–Crippen MR) is 135 cm³/mol. The molecule has 34 heavy (non-hydrogen) atoms. The zero-order valence-electron chi connectivity index (χ0n) is 18.5. The summed E-state index contributed by atoms with van der Waals surface area (Å²) in [5.74, 6) is 0.777. The molecule has 5 rings (SSSR count). The van der Waals surface area contributed by atoms with Crippen LogP contribution >= 0.6 is 11.3 Å². The van der Waals surface area contributed by atoms with Gasteiger partial charge in [-0.05, 0) is 23.6 Å². The van der Waals surface area contributed by atoms with Crippen LogP contribution in [-0.2, 0) is 11.2 Å². The van der Waals surface area contributed by atoms with Crippen LogP contribution in [0.15, 0.2) is 72.2 Å². The molecule has 1 saturated heterocycles. The summed E-state index contributed by atoms with van der Waals surface area (Å²) in [4.78, 5) is 38.0. The van der Waals surface area contributed by atoms with Crippen molar-refractivity contribution in [1.29, 1.82) is 0 Å². The first kappa shape index (κ1) is 21.8. The van der Waals surface area contributed by atoms with Crippen molar-refractivity contribution in [3.63, 3.8) is 0 Å². The Bertz CT molecular complexity index is 1300. The van der Waals surface area contributed by atoms with Crippen LogP contribution in [-0.4, -0.2) is 53.0 Å². The lowest BCUT2D eigenvalue weighted by Crippen LogP contribution is -2.50. The molecule has 1 fully saturated rings. The average molecular weight is 473 g/mol. The second-order valence-corrected chi connectivity index (χ2v) is 8.85. The number of thiazole rings is 1. The summed E-state index contributed by atoms with van der Waals surface area (Å²) in [6.45, 7) is 2.66. The fourth-order valence-corrected chi connectivity index (χ4v) is 4.69. The zero-order chi connectivity index (χ0) is 23.3. The fraction of sp³-hybridized carbons (Fsp3) is 0.200. The summed E-state index contributed by atoms with van der Waals surface area (Å²) in [6.07, 6.45) is 1.91. The molecule has 3 heterocycles. The molecule has 8 nitrogen and oxygen atoms in total. The van der Waals surface area contributed by atoms with E-state index >= 15 is 0 Å². The van der Waals surface area contributed by atoms with Gasteiger partial charge in [-0.3, -0.25) is 10.1 Å². The van der Waals surface area contributed by atoms with Crippen LogP contribution in [0.2, 0.25) is 0 Å². The zero-order valence-corrected chi connectivity index (χ0v) is 19.3. The van der Waals surface area contributed by atoms with Gasteiger partial charge in [0, 0.05) is 48.8 Å². The average Bonchev–Trinajstić information content (AvgIpc) is 3.31. The van der Waals surface area contributed by atoms with Gasteiger partial charge in [-0.15, -0.1) is 11.3 Å². The van der Waals surface area contributed by atoms with Gasteiger partial charge in [0.05, 0.1) is 12.1 Å². The first-order valence-corrected chi connectivity index (χ1v) is 12.0. The van der Waals surface area contributed by atoms with Gasteiger partial charge in [0.2, 0.25) is 5.91 Å². The van der Waals surface area contributed by atoms with Gasteiger partial charge in [-0.25, -0.2) is 14.8 Å². The van der Waals surface area contributed by atoms with Gasteiger partial charge in [0.25, 0.3) is 0 Å². The van der Waals surface area contributed by atoms with E-state index in [4.69, 9.17) is 0 Å². The molecule has 0 saturated carbocycles. The van der Waals surface area contributed by atoms with Crippen LogP contribution in [0.4, 0.5) is 21.4 Å². The molecule has 9 heteroatoms. The Morgan fingerprint density at radius 2 is 1.71 bits per heavy atom. The van der Waals surface area contributed by atoms with Gasteiger partial charge in [-0.1, -0.05) is 42.5 Å². The number of piperazine rings is 1. The number of nitrogens with one attached hydrogen (secondary N) is 2. The summed E-state index contributed by atoms with van der Waals surface area (Å²) in [5.41, 5.74) is 1.40. The number of anilines is 3. The van der Waals surface area contributed by atoms with Crippen LogP contribution in [0.5, 0.6) is 0 Å². The van der Waals surface area contributed by atoms with E-state index in [1.165, 1.54) is 11.3 Å². The van der Waals surface area contributed by atoms with E-state index < -0.39 is 0 Å². The maximum absolute atomic E-state index is 12.7. The number of hydrogen-bond acceptors (Lipinski definition) is 6. The van der Waals surface area contributed by atoms with Gasteiger partial charge >= 0.3 is 6.03 Å². The number of amides is 3. The van der Waals surface area contributed by atoms with Crippen LogP contribution in [0, 0.1) is 0 Å². The van der Waals surface area contributed by atoms with Crippen molar-refractivity contribution < 1.29 is 9.59 Å². The van der Waals surface area contributed by atoms with Crippen LogP contribution in [0.3, 0.4) is 0 Å². The summed E-state index contributed by atoms with van der Waals surface area (Å²) < 4.78 is 0. The summed E-state index contributed by atoms with van der Waals surface area (Å²) >= 11 is 1.32. The number of benzene rings is 2. The van der Waals surface area contributed by atoms with Crippen molar-refractivity contribution in [2.45, 2.75) is 6.42 Å². The van der Waals surface area contributed by atoms with E-state index in [1.807, 2.05) is 60.7 Å². The molecule has 0 unspecified atom stereocenters. The van der Waals surface area contributed by atoms with Crippen LogP contribution < -0.4 is 15.5 Å². The Balaban J connectivity index is 1.14. The molecule has 2 aromatic heterocycles. The van der Waals surface area contributed by atoms with Crippen LogP contribution in [0.25, 0.3) is 10.8 Å². The fourth-order valence-electron chi connectivity index (χ4n) is 3.99. The molecule has 0 aliphatic carbocycles. The van der Waals surface area contributed by atoms with E-state index in [9.17, 15) is 9.59 Å². The normalized spacial score (nSPS) is 13.6. The minimum Gasteiger partial charge on any atom is -0.353 e. The van der Waals surface area contributed by atoms with Gasteiger partial charge in [0.15, 0.2) is 5.13 Å². The number of hydrogen-bond donors (Lipinski definition) is 2. The lowest BCUT2D eigenvalue weighted by atomic mass is 10.1. The van der Waals surface area contributed by atoms with Gasteiger partial charge in [0.1, 0.15) is 5.82 Å². The standard InChI is InChI=1S/C25H24N6O2S/c32-23(28-21-9-5-7-18-6-1-2-8-20(18)21)16-19-17-34-24(27-19)29-25(33)31-14-12-30(13-15-31)22-10-3-4-11-26-22/h1-11,17H,12-16H2,(H,28,32)(H,27,29,33). The van der Waals surface area contributed by atoms with Gasteiger partial charge < -0.3 is 15.1 Å². The molecule has 1 aliphatic rings. The largest absolute Gasteiger partial charge is 0.353 e. The Morgan fingerprint density at radius 1 is 0.912 bits per heavy atom. The third-order valence-corrected chi connectivity index (χ3v) is 6.52. The number of nitrogens with zero attached hydrogens (tertiary/aromatic N) is 4. The molecular weight excluding hydrogens is 448 g/mol. The third-order valence-electron chi connectivity index (χ3n) is 5.71. The Labute approximate surface area is 201 Å². The summed E-state index contributed by atoms with van der Waals surface area (Å²) in [7, 11) is 0. The highest BCUT2D eigenvalue weighted by atomic mass is 32.1. The van der Waals surface area contributed by atoms with Crippen molar-refractivity contribution >= 4 is 50.7 Å². The third kappa shape index (κ3) is 4.99. The number of pyridine rings is 1. The molecule has 0 atom stereocenters. The highest BCUT2D eigenvalue weighted by Gasteiger charge is 2.22. The number of rotatable bonds is 5. The summed E-state index contributed by atoms with van der Waals surface area (Å²) in [6, 6.07) is 19.4. The quantitative estimate of drug-likeness (QED) is 0.454. The van der Waals surface area contributed by atoms with E-state index in [-0.39, 0.29) is 18.4 Å². The molecule has 4 aromatic rings. The van der Waals surface area contributed by atoms with Crippen molar-refractivity contribution in [1.82, 2.24) is 14.9 Å². The smallest absolute Gasteiger partial charge is 0.323 e.